The Morgan fingerprint density at radius 1 is 1.12 bits per heavy atom. The Hall–Kier alpha value is -1.28. The van der Waals surface area contributed by atoms with Crippen LogP contribution in [0.1, 0.15) is 82.4 Å². The molecule has 1 aromatic rings. The van der Waals surface area contributed by atoms with E-state index in [2.05, 4.69) is 45.1 Å². The molecule has 1 fully saturated rings. The maximum atomic E-state index is 7.00. The SMILES string of the molecule is CC.CO.COc1cc2c(cc1C(C)C)C=CC1C2CCC[C@H]1C. The van der Waals surface area contributed by atoms with Gasteiger partial charge in [-0.05, 0) is 58.9 Å². The van der Waals surface area contributed by atoms with Crippen molar-refractivity contribution in [2.45, 2.75) is 65.7 Å². The fourth-order valence-electron chi connectivity index (χ4n) is 4.07. The number of ether oxygens (including phenoxy) is 1. The van der Waals surface area contributed by atoms with E-state index in [1.54, 1.807) is 7.11 Å². The van der Waals surface area contributed by atoms with Crippen molar-refractivity contribution < 1.29 is 9.84 Å². The van der Waals surface area contributed by atoms with Crippen LogP contribution in [0.15, 0.2) is 18.2 Å². The number of fused-ring (bicyclic) bond motifs is 3. The van der Waals surface area contributed by atoms with Crippen molar-refractivity contribution in [2.24, 2.45) is 11.8 Å². The molecule has 1 N–H and O–H groups in total. The largest absolute Gasteiger partial charge is 0.496 e. The number of methoxy groups -OCH3 is 1. The molecule has 3 rings (SSSR count). The minimum absolute atomic E-state index is 0.506. The minimum Gasteiger partial charge on any atom is -0.496 e. The maximum absolute atomic E-state index is 7.00. The van der Waals surface area contributed by atoms with E-state index in [1.807, 2.05) is 13.8 Å². The molecule has 1 aromatic carbocycles. The molecular weight excluding hydrogens is 296 g/mol. The minimum atomic E-state index is 0.506. The predicted octanol–water partition coefficient (Wildman–Crippen LogP) is 6.00. The summed E-state index contributed by atoms with van der Waals surface area (Å²) < 4.78 is 5.66. The standard InChI is InChI=1S/C19H26O.C2H6.CH4O/c1-12(2)17-10-14-8-9-15-13(3)6-5-7-16(15)18(14)11-19(17)20-4;2*1-2/h8-13,15-16H,5-7H2,1-4H3;1-2H3;2H,1H3/t13-,15?,16?;;/m1../s1. The maximum Gasteiger partial charge on any atom is 0.122 e. The van der Waals surface area contributed by atoms with E-state index >= 15 is 0 Å². The molecule has 2 nitrogen and oxygen atoms in total. The molecule has 24 heavy (non-hydrogen) atoms. The van der Waals surface area contributed by atoms with Gasteiger partial charge in [0.1, 0.15) is 5.75 Å². The smallest absolute Gasteiger partial charge is 0.122 e. The third-order valence-electron chi connectivity index (χ3n) is 5.25. The molecule has 0 heterocycles. The van der Waals surface area contributed by atoms with Crippen molar-refractivity contribution in [3.8, 4) is 5.75 Å². The second-order valence-electron chi connectivity index (χ2n) is 6.83. The highest BCUT2D eigenvalue weighted by Gasteiger charge is 2.33. The summed E-state index contributed by atoms with van der Waals surface area (Å²) in [6.07, 6.45) is 8.89. The second kappa shape index (κ2) is 9.88. The van der Waals surface area contributed by atoms with Gasteiger partial charge in [-0.2, -0.15) is 0 Å². The summed E-state index contributed by atoms with van der Waals surface area (Å²) in [7, 11) is 2.80. The highest BCUT2D eigenvalue weighted by Crippen LogP contribution is 2.47. The number of aliphatic hydroxyl groups is 1. The van der Waals surface area contributed by atoms with Crippen LogP contribution < -0.4 is 4.74 Å². The normalized spacial score (nSPS) is 24.0. The third kappa shape index (κ3) is 4.22. The molecule has 2 heteroatoms. The lowest BCUT2D eigenvalue weighted by Gasteiger charge is -2.38. The van der Waals surface area contributed by atoms with E-state index in [-0.39, 0.29) is 0 Å². The van der Waals surface area contributed by atoms with Crippen molar-refractivity contribution in [3.05, 3.63) is 34.9 Å². The van der Waals surface area contributed by atoms with E-state index in [9.17, 15) is 0 Å². The Balaban J connectivity index is 0.000000671. The molecule has 0 bridgehead atoms. The zero-order valence-electron chi connectivity index (χ0n) is 16.6. The van der Waals surface area contributed by atoms with Gasteiger partial charge in [0.2, 0.25) is 0 Å². The lowest BCUT2D eigenvalue weighted by Crippen LogP contribution is -2.26. The second-order valence-corrected chi connectivity index (χ2v) is 6.83. The fourth-order valence-corrected chi connectivity index (χ4v) is 4.07. The fraction of sp³-hybridized carbons (Fsp3) is 0.636. The Morgan fingerprint density at radius 3 is 2.38 bits per heavy atom. The molecule has 2 aliphatic rings. The molecule has 2 unspecified atom stereocenters. The summed E-state index contributed by atoms with van der Waals surface area (Å²) >= 11 is 0. The average molecular weight is 333 g/mol. The summed E-state index contributed by atoms with van der Waals surface area (Å²) in [6, 6.07) is 4.68. The predicted molar refractivity (Wildman–Crippen MR) is 105 cm³/mol. The Bertz CT molecular complexity index is 531. The number of benzene rings is 1. The molecule has 3 atom stereocenters. The number of allylic oxidation sites excluding steroid dienone is 1. The summed E-state index contributed by atoms with van der Waals surface area (Å²) in [4.78, 5) is 0. The Kier molecular flexibility index (Phi) is 8.55. The van der Waals surface area contributed by atoms with Crippen molar-refractivity contribution in [2.75, 3.05) is 14.2 Å². The van der Waals surface area contributed by atoms with Gasteiger partial charge in [-0.25, -0.2) is 0 Å². The quantitative estimate of drug-likeness (QED) is 0.719. The van der Waals surface area contributed by atoms with Crippen molar-refractivity contribution in [1.82, 2.24) is 0 Å². The van der Waals surface area contributed by atoms with Gasteiger partial charge in [-0.1, -0.05) is 59.6 Å². The summed E-state index contributed by atoms with van der Waals surface area (Å²) in [5, 5.41) is 7.00. The van der Waals surface area contributed by atoms with Gasteiger partial charge in [0, 0.05) is 7.11 Å². The van der Waals surface area contributed by atoms with Crippen LogP contribution in [0.2, 0.25) is 0 Å². The van der Waals surface area contributed by atoms with Crippen LogP contribution in [0.3, 0.4) is 0 Å². The molecule has 1 saturated carbocycles. The first-order valence-electron chi connectivity index (χ1n) is 9.46. The van der Waals surface area contributed by atoms with Crippen molar-refractivity contribution >= 4 is 6.08 Å². The first-order valence-corrected chi connectivity index (χ1v) is 9.46. The highest BCUT2D eigenvalue weighted by atomic mass is 16.5. The average Bonchev–Trinajstić information content (AvgIpc) is 2.64. The molecule has 136 valence electrons. The Labute approximate surface area is 148 Å². The van der Waals surface area contributed by atoms with Gasteiger partial charge in [0.15, 0.2) is 0 Å². The molecular formula is C22H36O2. The molecule has 0 spiro atoms. The van der Waals surface area contributed by atoms with E-state index in [1.165, 1.54) is 36.0 Å². The summed E-state index contributed by atoms with van der Waals surface area (Å²) in [5.41, 5.74) is 4.27. The zero-order valence-corrected chi connectivity index (χ0v) is 16.6. The van der Waals surface area contributed by atoms with Gasteiger partial charge >= 0.3 is 0 Å². The summed E-state index contributed by atoms with van der Waals surface area (Å²) in [5.74, 6) is 3.83. The molecule has 0 amide bonds. The van der Waals surface area contributed by atoms with E-state index in [0.29, 0.717) is 11.8 Å². The van der Waals surface area contributed by atoms with Gasteiger partial charge in [0.05, 0.1) is 7.11 Å². The van der Waals surface area contributed by atoms with E-state index in [4.69, 9.17) is 9.84 Å². The lowest BCUT2D eigenvalue weighted by molar-refractivity contribution is 0.264. The van der Waals surface area contributed by atoms with Crippen LogP contribution >= 0.6 is 0 Å². The molecule has 0 saturated heterocycles. The topological polar surface area (TPSA) is 29.5 Å². The zero-order chi connectivity index (χ0) is 18.3. The van der Waals surface area contributed by atoms with E-state index < -0.39 is 0 Å². The molecule has 0 aromatic heterocycles. The third-order valence-corrected chi connectivity index (χ3v) is 5.25. The van der Waals surface area contributed by atoms with Crippen LogP contribution in [-0.4, -0.2) is 19.3 Å². The number of hydrogen-bond acceptors (Lipinski definition) is 2. The van der Waals surface area contributed by atoms with Gasteiger partial charge in [-0.15, -0.1) is 0 Å². The number of aliphatic hydroxyl groups excluding tert-OH is 1. The summed E-state index contributed by atoms with van der Waals surface area (Å²) in [6.45, 7) is 10.9. The first kappa shape index (κ1) is 20.8. The Morgan fingerprint density at radius 2 is 1.79 bits per heavy atom. The monoisotopic (exact) mass is 332 g/mol. The molecule has 0 aliphatic heterocycles. The van der Waals surface area contributed by atoms with Gasteiger partial charge < -0.3 is 9.84 Å². The van der Waals surface area contributed by atoms with Crippen LogP contribution in [0, 0.1) is 11.8 Å². The van der Waals surface area contributed by atoms with E-state index in [0.717, 1.165) is 24.7 Å². The van der Waals surface area contributed by atoms with Gasteiger partial charge in [0.25, 0.3) is 0 Å². The van der Waals surface area contributed by atoms with Gasteiger partial charge in [-0.3, -0.25) is 0 Å². The number of hydrogen-bond donors (Lipinski definition) is 1. The van der Waals surface area contributed by atoms with Crippen LogP contribution in [0.25, 0.3) is 6.08 Å². The highest BCUT2D eigenvalue weighted by molar-refractivity contribution is 5.62. The van der Waals surface area contributed by atoms with Crippen LogP contribution in [0.5, 0.6) is 5.75 Å². The molecule has 2 aliphatic carbocycles. The van der Waals surface area contributed by atoms with Crippen LogP contribution in [-0.2, 0) is 0 Å². The lowest BCUT2D eigenvalue weighted by atomic mass is 9.66. The van der Waals surface area contributed by atoms with Crippen molar-refractivity contribution in [1.29, 1.82) is 0 Å². The van der Waals surface area contributed by atoms with Crippen molar-refractivity contribution in [3.63, 3.8) is 0 Å². The van der Waals surface area contributed by atoms with Crippen LogP contribution in [0.4, 0.5) is 0 Å². The number of rotatable bonds is 2. The molecule has 0 radical (unpaired) electrons. The first-order chi connectivity index (χ1) is 11.6.